The Balaban J connectivity index is 1.39. The summed E-state index contributed by atoms with van der Waals surface area (Å²) in [5.74, 6) is 1.18. The van der Waals surface area contributed by atoms with Gasteiger partial charge in [0, 0.05) is 34.2 Å². The molecule has 0 amide bonds. The number of aromatic amines is 1. The number of aromatic nitrogens is 1. The van der Waals surface area contributed by atoms with Crippen molar-refractivity contribution in [2.24, 2.45) is 0 Å². The Bertz CT molecular complexity index is 1190. The standard InChI is InChI=1S/C26H26Cl2N2O2/c1-2-31-25-14-18(13-23(28)26(25)32-17-20-7-3-5-9-22(20)27)15-29-12-11-19-16-30-24-10-6-4-8-21(19)24/h3-10,13-14,16,29-30H,2,11-12,15,17H2,1H3. The number of halogens is 2. The van der Waals surface area contributed by atoms with Gasteiger partial charge in [0.2, 0.25) is 0 Å². The lowest BCUT2D eigenvalue weighted by molar-refractivity contribution is 0.269. The Labute approximate surface area is 198 Å². The molecule has 4 nitrogen and oxygen atoms in total. The Morgan fingerprint density at radius 3 is 2.56 bits per heavy atom. The Morgan fingerprint density at radius 2 is 1.72 bits per heavy atom. The molecule has 0 unspecified atom stereocenters. The first-order valence-electron chi connectivity index (χ1n) is 10.7. The molecule has 166 valence electrons. The highest BCUT2D eigenvalue weighted by molar-refractivity contribution is 6.32. The predicted octanol–water partition coefficient (Wildman–Crippen LogP) is 6.78. The third-order valence-electron chi connectivity index (χ3n) is 5.27. The van der Waals surface area contributed by atoms with E-state index >= 15 is 0 Å². The predicted molar refractivity (Wildman–Crippen MR) is 132 cm³/mol. The van der Waals surface area contributed by atoms with E-state index in [2.05, 4.69) is 34.7 Å². The first-order valence-corrected chi connectivity index (χ1v) is 11.5. The minimum Gasteiger partial charge on any atom is -0.490 e. The van der Waals surface area contributed by atoms with Gasteiger partial charge in [-0.3, -0.25) is 0 Å². The fourth-order valence-corrected chi connectivity index (χ4v) is 4.16. The van der Waals surface area contributed by atoms with Crippen molar-refractivity contribution in [3.8, 4) is 11.5 Å². The molecule has 1 aromatic heterocycles. The number of ether oxygens (including phenoxy) is 2. The number of para-hydroxylation sites is 1. The molecule has 0 aliphatic carbocycles. The van der Waals surface area contributed by atoms with Crippen molar-refractivity contribution in [1.29, 1.82) is 0 Å². The van der Waals surface area contributed by atoms with Crippen LogP contribution in [0, 0.1) is 0 Å². The highest BCUT2D eigenvalue weighted by atomic mass is 35.5. The molecule has 0 atom stereocenters. The summed E-state index contributed by atoms with van der Waals surface area (Å²) in [7, 11) is 0. The van der Waals surface area contributed by atoms with E-state index < -0.39 is 0 Å². The lowest BCUT2D eigenvalue weighted by Gasteiger charge is -2.16. The molecule has 1 heterocycles. The van der Waals surface area contributed by atoms with Crippen LogP contribution < -0.4 is 14.8 Å². The van der Waals surface area contributed by atoms with Crippen molar-refractivity contribution in [1.82, 2.24) is 10.3 Å². The number of hydrogen-bond donors (Lipinski definition) is 2. The van der Waals surface area contributed by atoms with Crippen molar-refractivity contribution < 1.29 is 9.47 Å². The molecule has 0 aliphatic heterocycles. The summed E-state index contributed by atoms with van der Waals surface area (Å²) < 4.78 is 11.8. The van der Waals surface area contributed by atoms with Crippen LogP contribution in [0.15, 0.2) is 66.9 Å². The summed E-state index contributed by atoms with van der Waals surface area (Å²) in [6.45, 7) is 4.33. The molecular formula is C26H26Cl2N2O2. The molecule has 32 heavy (non-hydrogen) atoms. The summed E-state index contributed by atoms with van der Waals surface area (Å²) in [5.41, 5.74) is 4.42. The number of H-pyrrole nitrogens is 1. The van der Waals surface area contributed by atoms with Crippen LogP contribution in [0.2, 0.25) is 10.0 Å². The molecule has 3 aromatic carbocycles. The monoisotopic (exact) mass is 468 g/mol. The molecular weight excluding hydrogens is 443 g/mol. The van der Waals surface area contributed by atoms with Gasteiger partial charge in [-0.25, -0.2) is 0 Å². The van der Waals surface area contributed by atoms with E-state index in [4.69, 9.17) is 32.7 Å². The zero-order valence-corrected chi connectivity index (χ0v) is 19.5. The van der Waals surface area contributed by atoms with E-state index in [1.807, 2.05) is 49.4 Å². The van der Waals surface area contributed by atoms with Crippen molar-refractivity contribution in [2.45, 2.75) is 26.5 Å². The zero-order chi connectivity index (χ0) is 22.3. The Hall–Kier alpha value is -2.66. The summed E-state index contributed by atoms with van der Waals surface area (Å²) in [6.07, 6.45) is 3.02. The van der Waals surface area contributed by atoms with Gasteiger partial charge < -0.3 is 19.8 Å². The van der Waals surface area contributed by atoms with E-state index in [9.17, 15) is 0 Å². The van der Waals surface area contributed by atoms with Gasteiger partial charge in [0.15, 0.2) is 11.5 Å². The van der Waals surface area contributed by atoms with Gasteiger partial charge in [-0.15, -0.1) is 0 Å². The number of nitrogens with one attached hydrogen (secondary N) is 2. The maximum Gasteiger partial charge on any atom is 0.180 e. The van der Waals surface area contributed by atoms with Crippen LogP contribution in [0.4, 0.5) is 0 Å². The molecule has 0 saturated carbocycles. The smallest absolute Gasteiger partial charge is 0.180 e. The molecule has 6 heteroatoms. The van der Waals surface area contributed by atoms with Gasteiger partial charge in [0.25, 0.3) is 0 Å². The van der Waals surface area contributed by atoms with Crippen LogP contribution in [0.3, 0.4) is 0 Å². The second-order valence-electron chi connectivity index (χ2n) is 7.50. The van der Waals surface area contributed by atoms with Gasteiger partial charge in [-0.2, -0.15) is 0 Å². The van der Waals surface area contributed by atoms with Gasteiger partial charge in [0.1, 0.15) is 6.61 Å². The van der Waals surface area contributed by atoms with Crippen LogP contribution in [-0.2, 0) is 19.6 Å². The fraction of sp³-hybridized carbons (Fsp3) is 0.231. The maximum absolute atomic E-state index is 6.57. The lowest BCUT2D eigenvalue weighted by Crippen LogP contribution is -2.16. The summed E-state index contributed by atoms with van der Waals surface area (Å²) >= 11 is 12.8. The van der Waals surface area contributed by atoms with Crippen LogP contribution >= 0.6 is 23.2 Å². The molecule has 4 aromatic rings. The summed E-state index contributed by atoms with van der Waals surface area (Å²) in [6, 6.07) is 19.9. The second-order valence-corrected chi connectivity index (χ2v) is 8.32. The number of fused-ring (bicyclic) bond motifs is 1. The van der Waals surface area contributed by atoms with Gasteiger partial charge >= 0.3 is 0 Å². The van der Waals surface area contributed by atoms with E-state index in [0.717, 1.165) is 24.1 Å². The third-order valence-corrected chi connectivity index (χ3v) is 5.92. The van der Waals surface area contributed by atoms with Gasteiger partial charge in [0.05, 0.1) is 11.6 Å². The summed E-state index contributed by atoms with van der Waals surface area (Å²) in [5, 5.41) is 5.96. The van der Waals surface area contributed by atoms with Crippen molar-refractivity contribution in [2.75, 3.05) is 13.2 Å². The molecule has 0 saturated heterocycles. The van der Waals surface area contributed by atoms with Crippen LogP contribution in [0.1, 0.15) is 23.6 Å². The second kappa shape index (κ2) is 10.8. The fourth-order valence-electron chi connectivity index (χ4n) is 3.69. The molecule has 2 N–H and O–H groups in total. The highest BCUT2D eigenvalue weighted by Crippen LogP contribution is 2.37. The molecule has 0 fully saturated rings. The van der Waals surface area contributed by atoms with Crippen molar-refractivity contribution >= 4 is 34.1 Å². The Kier molecular flexibility index (Phi) is 7.59. The average Bonchev–Trinajstić information content (AvgIpc) is 3.21. The highest BCUT2D eigenvalue weighted by Gasteiger charge is 2.14. The Morgan fingerprint density at radius 1 is 0.906 bits per heavy atom. The molecule has 0 aliphatic rings. The van der Waals surface area contributed by atoms with E-state index in [-0.39, 0.29) is 0 Å². The van der Waals surface area contributed by atoms with E-state index in [0.29, 0.717) is 41.3 Å². The number of hydrogen-bond acceptors (Lipinski definition) is 3. The van der Waals surface area contributed by atoms with Crippen LogP contribution in [-0.4, -0.2) is 18.1 Å². The van der Waals surface area contributed by atoms with Gasteiger partial charge in [-0.1, -0.05) is 59.6 Å². The molecule has 4 rings (SSSR count). The van der Waals surface area contributed by atoms with Crippen LogP contribution in [0.25, 0.3) is 10.9 Å². The SMILES string of the molecule is CCOc1cc(CNCCc2c[nH]c3ccccc23)cc(Cl)c1OCc1ccccc1Cl. The molecule has 0 spiro atoms. The van der Waals surface area contributed by atoms with Crippen LogP contribution in [0.5, 0.6) is 11.5 Å². The maximum atomic E-state index is 6.57. The van der Waals surface area contributed by atoms with E-state index in [1.165, 1.54) is 16.5 Å². The van der Waals surface area contributed by atoms with E-state index in [1.54, 1.807) is 0 Å². The molecule has 0 bridgehead atoms. The normalized spacial score (nSPS) is 11.1. The third kappa shape index (κ3) is 5.39. The lowest BCUT2D eigenvalue weighted by atomic mass is 10.1. The number of rotatable bonds is 10. The minimum atomic E-state index is 0.321. The number of benzene rings is 3. The molecule has 0 radical (unpaired) electrons. The van der Waals surface area contributed by atoms with Crippen molar-refractivity contribution in [3.05, 3.63) is 93.6 Å². The quantitative estimate of drug-likeness (QED) is 0.252. The largest absolute Gasteiger partial charge is 0.490 e. The first-order chi connectivity index (χ1) is 15.7. The van der Waals surface area contributed by atoms with Gasteiger partial charge in [-0.05, 0) is 55.3 Å². The summed E-state index contributed by atoms with van der Waals surface area (Å²) in [4.78, 5) is 3.33. The zero-order valence-electron chi connectivity index (χ0n) is 18.0. The topological polar surface area (TPSA) is 46.3 Å². The average molecular weight is 469 g/mol. The van der Waals surface area contributed by atoms with Crippen molar-refractivity contribution in [3.63, 3.8) is 0 Å². The first kappa shape index (κ1) is 22.5. The minimum absolute atomic E-state index is 0.321.